The van der Waals surface area contributed by atoms with E-state index < -0.39 is 0 Å². The molecule has 1 unspecified atom stereocenters. The summed E-state index contributed by atoms with van der Waals surface area (Å²) in [5.74, 6) is 0.248. The molecular formula is C15H12ClNO2. The molecule has 96 valence electrons. The SMILES string of the molecule is Oc1ccc(C2=NOC(c3ccc(Cl)cc3)C2)cc1. The molecule has 0 fully saturated rings. The van der Waals surface area contributed by atoms with E-state index >= 15 is 0 Å². The molecule has 1 N–H and O–H groups in total. The molecule has 2 aromatic carbocycles. The number of oxime groups is 1. The standard InChI is InChI=1S/C15H12ClNO2/c16-12-5-1-11(2-6-12)15-9-14(17-19-15)10-3-7-13(18)8-4-10/h1-8,15,18H,9H2. The molecule has 1 heterocycles. The molecular weight excluding hydrogens is 262 g/mol. The van der Waals surface area contributed by atoms with Crippen molar-refractivity contribution in [2.75, 3.05) is 0 Å². The van der Waals surface area contributed by atoms with Crippen LogP contribution in [0.5, 0.6) is 5.75 Å². The molecule has 0 saturated heterocycles. The first kappa shape index (κ1) is 12.1. The van der Waals surface area contributed by atoms with Gasteiger partial charge < -0.3 is 9.94 Å². The third-order valence-corrected chi connectivity index (χ3v) is 3.36. The Morgan fingerprint density at radius 1 is 1.05 bits per heavy atom. The smallest absolute Gasteiger partial charge is 0.158 e. The third kappa shape index (κ3) is 2.56. The molecule has 1 atom stereocenters. The van der Waals surface area contributed by atoms with Crippen LogP contribution >= 0.6 is 11.6 Å². The maximum absolute atomic E-state index is 9.27. The second-order valence-electron chi connectivity index (χ2n) is 4.43. The van der Waals surface area contributed by atoms with Gasteiger partial charge in [0, 0.05) is 11.4 Å². The Kier molecular flexibility index (Phi) is 3.13. The van der Waals surface area contributed by atoms with E-state index in [1.807, 2.05) is 36.4 Å². The summed E-state index contributed by atoms with van der Waals surface area (Å²) in [5.41, 5.74) is 2.91. The summed E-state index contributed by atoms with van der Waals surface area (Å²) in [6.07, 6.45) is 0.646. The number of hydrogen-bond acceptors (Lipinski definition) is 3. The van der Waals surface area contributed by atoms with Crippen molar-refractivity contribution in [1.82, 2.24) is 0 Å². The van der Waals surface area contributed by atoms with Crippen LogP contribution in [0, 0.1) is 0 Å². The van der Waals surface area contributed by atoms with Gasteiger partial charge in [0.05, 0.1) is 5.71 Å². The number of phenolic OH excluding ortho intramolecular Hbond substituents is 1. The molecule has 19 heavy (non-hydrogen) atoms. The van der Waals surface area contributed by atoms with Crippen LogP contribution in [-0.2, 0) is 4.84 Å². The molecule has 1 aliphatic heterocycles. The fourth-order valence-corrected chi connectivity index (χ4v) is 2.18. The average molecular weight is 274 g/mol. The van der Waals surface area contributed by atoms with Gasteiger partial charge in [-0.15, -0.1) is 0 Å². The van der Waals surface area contributed by atoms with Crippen LogP contribution in [0.4, 0.5) is 0 Å². The van der Waals surface area contributed by atoms with E-state index in [1.54, 1.807) is 12.1 Å². The van der Waals surface area contributed by atoms with Crippen LogP contribution in [0.2, 0.25) is 5.02 Å². The molecule has 4 heteroatoms. The van der Waals surface area contributed by atoms with Gasteiger partial charge in [-0.2, -0.15) is 0 Å². The second kappa shape index (κ2) is 4.94. The highest BCUT2D eigenvalue weighted by atomic mass is 35.5. The van der Waals surface area contributed by atoms with E-state index in [2.05, 4.69) is 5.16 Å². The highest BCUT2D eigenvalue weighted by molar-refractivity contribution is 6.30. The molecule has 3 rings (SSSR count). The summed E-state index contributed by atoms with van der Waals surface area (Å²) in [7, 11) is 0. The number of benzene rings is 2. The van der Waals surface area contributed by atoms with Crippen LogP contribution in [0.1, 0.15) is 23.7 Å². The minimum absolute atomic E-state index is 0.0685. The van der Waals surface area contributed by atoms with Gasteiger partial charge in [-0.3, -0.25) is 0 Å². The molecule has 3 nitrogen and oxygen atoms in total. The van der Waals surface area contributed by atoms with E-state index in [0.29, 0.717) is 11.4 Å². The summed E-state index contributed by atoms with van der Waals surface area (Å²) in [4.78, 5) is 5.46. The van der Waals surface area contributed by atoms with Gasteiger partial charge in [0.2, 0.25) is 0 Å². The number of rotatable bonds is 2. The maximum Gasteiger partial charge on any atom is 0.158 e. The predicted octanol–water partition coefficient (Wildman–Crippen LogP) is 3.91. The molecule has 0 aromatic heterocycles. The topological polar surface area (TPSA) is 41.8 Å². The Morgan fingerprint density at radius 2 is 1.74 bits per heavy atom. The van der Waals surface area contributed by atoms with Gasteiger partial charge >= 0.3 is 0 Å². The van der Waals surface area contributed by atoms with Crippen LogP contribution in [0.15, 0.2) is 53.7 Å². The van der Waals surface area contributed by atoms with Gasteiger partial charge in [0.1, 0.15) is 5.75 Å². The van der Waals surface area contributed by atoms with E-state index in [1.165, 1.54) is 0 Å². The van der Waals surface area contributed by atoms with E-state index in [-0.39, 0.29) is 11.9 Å². The van der Waals surface area contributed by atoms with Crippen molar-refractivity contribution in [3.05, 3.63) is 64.7 Å². The molecule has 2 aromatic rings. The van der Waals surface area contributed by atoms with Crippen LogP contribution < -0.4 is 0 Å². The van der Waals surface area contributed by atoms with Crippen LogP contribution in [0.3, 0.4) is 0 Å². The van der Waals surface area contributed by atoms with Crippen molar-refractivity contribution in [2.45, 2.75) is 12.5 Å². The summed E-state index contributed by atoms with van der Waals surface area (Å²) in [6.45, 7) is 0. The largest absolute Gasteiger partial charge is 0.508 e. The summed E-state index contributed by atoms with van der Waals surface area (Å²) in [6, 6.07) is 14.5. The molecule has 0 aliphatic carbocycles. The summed E-state index contributed by atoms with van der Waals surface area (Å²) >= 11 is 5.86. The van der Waals surface area contributed by atoms with Crippen molar-refractivity contribution < 1.29 is 9.94 Å². The summed E-state index contributed by atoms with van der Waals surface area (Å²) < 4.78 is 0. The lowest BCUT2D eigenvalue weighted by Crippen LogP contribution is -2.01. The van der Waals surface area contributed by atoms with Gasteiger partial charge in [0.15, 0.2) is 6.10 Å². The Labute approximate surface area is 116 Å². The lowest BCUT2D eigenvalue weighted by Gasteiger charge is -2.08. The number of aromatic hydroxyl groups is 1. The number of phenols is 1. The fourth-order valence-electron chi connectivity index (χ4n) is 2.06. The second-order valence-corrected chi connectivity index (χ2v) is 4.87. The first-order valence-electron chi connectivity index (χ1n) is 6.00. The fraction of sp³-hybridized carbons (Fsp3) is 0.133. The van der Waals surface area contributed by atoms with Gasteiger partial charge in [-0.05, 0) is 47.5 Å². The van der Waals surface area contributed by atoms with Crippen molar-refractivity contribution in [3.8, 4) is 5.75 Å². The first-order chi connectivity index (χ1) is 9.22. The average Bonchev–Trinajstić information content (AvgIpc) is 2.90. The normalized spacial score (nSPS) is 17.9. The number of nitrogens with zero attached hydrogens (tertiary/aromatic N) is 1. The van der Waals surface area contributed by atoms with E-state index in [9.17, 15) is 5.11 Å². The third-order valence-electron chi connectivity index (χ3n) is 3.11. The van der Waals surface area contributed by atoms with E-state index in [0.717, 1.165) is 16.8 Å². The molecule has 0 radical (unpaired) electrons. The predicted molar refractivity (Wildman–Crippen MR) is 74.5 cm³/mol. The number of hydrogen-bond donors (Lipinski definition) is 1. The van der Waals surface area contributed by atoms with Crippen molar-refractivity contribution in [2.24, 2.45) is 5.16 Å². The van der Waals surface area contributed by atoms with Crippen LogP contribution in [0.25, 0.3) is 0 Å². The highest BCUT2D eigenvalue weighted by Crippen LogP contribution is 2.30. The zero-order valence-electron chi connectivity index (χ0n) is 10.1. The Bertz CT molecular complexity index is 605. The quantitative estimate of drug-likeness (QED) is 0.901. The van der Waals surface area contributed by atoms with Gasteiger partial charge in [-0.25, -0.2) is 0 Å². The monoisotopic (exact) mass is 273 g/mol. The Hall–Kier alpha value is -2.00. The minimum Gasteiger partial charge on any atom is -0.508 e. The first-order valence-corrected chi connectivity index (χ1v) is 6.38. The Morgan fingerprint density at radius 3 is 2.42 bits per heavy atom. The molecule has 1 aliphatic rings. The van der Waals surface area contributed by atoms with Gasteiger partial charge in [-0.1, -0.05) is 28.9 Å². The van der Waals surface area contributed by atoms with Crippen LogP contribution in [-0.4, -0.2) is 10.8 Å². The van der Waals surface area contributed by atoms with Crippen molar-refractivity contribution in [1.29, 1.82) is 0 Å². The zero-order chi connectivity index (χ0) is 13.2. The molecule has 0 spiro atoms. The lowest BCUT2D eigenvalue weighted by atomic mass is 10.0. The molecule has 0 saturated carbocycles. The lowest BCUT2D eigenvalue weighted by molar-refractivity contribution is 0.0857. The maximum atomic E-state index is 9.27. The van der Waals surface area contributed by atoms with Crippen molar-refractivity contribution in [3.63, 3.8) is 0 Å². The molecule has 0 bridgehead atoms. The summed E-state index contributed by atoms with van der Waals surface area (Å²) in [5, 5.41) is 14.1. The van der Waals surface area contributed by atoms with Gasteiger partial charge in [0.25, 0.3) is 0 Å². The number of halogens is 1. The molecule has 0 amide bonds. The van der Waals surface area contributed by atoms with Crippen molar-refractivity contribution >= 4 is 17.3 Å². The minimum atomic E-state index is -0.0685. The van der Waals surface area contributed by atoms with E-state index in [4.69, 9.17) is 16.4 Å². The zero-order valence-corrected chi connectivity index (χ0v) is 10.8. The highest BCUT2D eigenvalue weighted by Gasteiger charge is 2.23. The Balaban J connectivity index is 1.76.